The number of ether oxygens (including phenoxy) is 2. The SMILES string of the molecule is CCCCCCCOCCOOCCN(CCCN(C)CCCN(CCC)CCC=O)CCC(=O)OCCO. The molecule has 0 aliphatic carbocycles. The van der Waals surface area contributed by atoms with Crippen molar-refractivity contribution in [2.45, 2.75) is 78.1 Å². The Morgan fingerprint density at radius 3 is 2.05 bits per heavy atom. The molecule has 0 rings (SSSR count). The number of hydrogen-bond donors (Lipinski definition) is 1. The van der Waals surface area contributed by atoms with Gasteiger partial charge in [0.15, 0.2) is 0 Å². The van der Waals surface area contributed by atoms with E-state index in [4.69, 9.17) is 24.4 Å². The van der Waals surface area contributed by atoms with Crippen molar-refractivity contribution in [1.82, 2.24) is 14.7 Å². The maximum atomic E-state index is 11.9. The molecule has 0 radical (unpaired) electrons. The van der Waals surface area contributed by atoms with E-state index in [0.29, 0.717) is 39.3 Å². The number of carbonyl (C=O) groups is 2. The van der Waals surface area contributed by atoms with Crippen LogP contribution < -0.4 is 0 Å². The van der Waals surface area contributed by atoms with Crippen molar-refractivity contribution < 1.29 is 33.9 Å². The predicted molar refractivity (Wildman–Crippen MR) is 155 cm³/mol. The Balaban J connectivity index is 4.18. The van der Waals surface area contributed by atoms with E-state index >= 15 is 0 Å². The zero-order valence-corrected chi connectivity index (χ0v) is 25.3. The lowest BCUT2D eigenvalue weighted by atomic mass is 10.2. The Morgan fingerprint density at radius 1 is 0.692 bits per heavy atom. The molecule has 0 aromatic heterocycles. The molecular formula is C29H59N3O7. The smallest absolute Gasteiger partial charge is 0.307 e. The van der Waals surface area contributed by atoms with E-state index in [1.54, 1.807) is 0 Å². The summed E-state index contributed by atoms with van der Waals surface area (Å²) in [6.45, 7) is 13.3. The highest BCUT2D eigenvalue weighted by molar-refractivity contribution is 5.69. The Bertz CT molecular complexity index is 543. The molecule has 0 aliphatic rings. The first-order chi connectivity index (χ1) is 19.1. The van der Waals surface area contributed by atoms with Crippen LogP contribution in [-0.4, -0.2) is 131 Å². The summed E-state index contributed by atoms with van der Waals surface area (Å²) >= 11 is 0. The predicted octanol–water partition coefficient (Wildman–Crippen LogP) is 3.16. The number of hydrogen-bond acceptors (Lipinski definition) is 10. The van der Waals surface area contributed by atoms with Crippen molar-refractivity contribution in [3.05, 3.63) is 0 Å². The van der Waals surface area contributed by atoms with Gasteiger partial charge in [-0.05, 0) is 65.5 Å². The van der Waals surface area contributed by atoms with E-state index in [1.165, 1.54) is 25.7 Å². The molecular weight excluding hydrogens is 502 g/mol. The first-order valence-corrected chi connectivity index (χ1v) is 15.2. The number of carbonyl (C=O) groups excluding carboxylic acids is 2. The van der Waals surface area contributed by atoms with Gasteiger partial charge in [-0.3, -0.25) is 4.79 Å². The van der Waals surface area contributed by atoms with Crippen molar-refractivity contribution in [2.24, 2.45) is 0 Å². The van der Waals surface area contributed by atoms with Crippen molar-refractivity contribution >= 4 is 12.3 Å². The van der Waals surface area contributed by atoms with E-state index in [-0.39, 0.29) is 25.6 Å². The molecule has 0 heterocycles. The molecule has 0 atom stereocenters. The Morgan fingerprint density at radius 2 is 1.38 bits per heavy atom. The highest BCUT2D eigenvalue weighted by Crippen LogP contribution is 2.03. The summed E-state index contributed by atoms with van der Waals surface area (Å²) in [4.78, 5) is 40.1. The van der Waals surface area contributed by atoms with Crippen molar-refractivity contribution in [1.29, 1.82) is 0 Å². The van der Waals surface area contributed by atoms with E-state index in [9.17, 15) is 9.59 Å². The zero-order chi connectivity index (χ0) is 28.8. The number of nitrogens with zero attached hydrogens (tertiary/aromatic N) is 3. The third-order valence-electron chi connectivity index (χ3n) is 6.40. The summed E-state index contributed by atoms with van der Waals surface area (Å²) in [5.74, 6) is -0.304. The van der Waals surface area contributed by atoms with E-state index in [1.807, 2.05) is 0 Å². The second-order valence-electron chi connectivity index (χ2n) is 10.0. The van der Waals surface area contributed by atoms with Gasteiger partial charge in [0.05, 0.1) is 26.2 Å². The Labute approximate surface area is 238 Å². The van der Waals surface area contributed by atoms with Crippen LogP contribution in [0.1, 0.15) is 78.1 Å². The summed E-state index contributed by atoms with van der Waals surface area (Å²) in [6, 6.07) is 0. The van der Waals surface area contributed by atoms with Gasteiger partial charge in [-0.15, -0.1) is 0 Å². The van der Waals surface area contributed by atoms with Gasteiger partial charge in [-0.25, -0.2) is 9.78 Å². The first-order valence-electron chi connectivity index (χ1n) is 15.2. The van der Waals surface area contributed by atoms with Gasteiger partial charge in [0.1, 0.15) is 19.5 Å². The summed E-state index contributed by atoms with van der Waals surface area (Å²) in [5, 5.41) is 8.85. The lowest BCUT2D eigenvalue weighted by Crippen LogP contribution is -2.34. The molecule has 232 valence electrons. The van der Waals surface area contributed by atoms with Gasteiger partial charge in [0.25, 0.3) is 0 Å². The molecule has 39 heavy (non-hydrogen) atoms. The van der Waals surface area contributed by atoms with Crippen LogP contribution >= 0.6 is 0 Å². The Hall–Kier alpha value is -1.14. The Kier molecular flexibility index (Phi) is 29.0. The third kappa shape index (κ3) is 26.8. The zero-order valence-electron chi connectivity index (χ0n) is 25.3. The van der Waals surface area contributed by atoms with Crippen LogP contribution in [0, 0.1) is 0 Å². The largest absolute Gasteiger partial charge is 0.463 e. The number of aldehydes is 1. The van der Waals surface area contributed by atoms with Gasteiger partial charge in [0, 0.05) is 32.7 Å². The lowest BCUT2D eigenvalue weighted by molar-refractivity contribution is -0.300. The molecule has 0 unspecified atom stereocenters. The van der Waals surface area contributed by atoms with E-state index < -0.39 is 0 Å². The first kappa shape index (κ1) is 37.9. The second kappa shape index (κ2) is 29.8. The average molecular weight is 562 g/mol. The summed E-state index contributed by atoms with van der Waals surface area (Å²) in [7, 11) is 2.14. The minimum Gasteiger partial charge on any atom is -0.463 e. The molecule has 0 amide bonds. The van der Waals surface area contributed by atoms with Gasteiger partial charge in [-0.2, -0.15) is 0 Å². The highest BCUT2D eigenvalue weighted by atomic mass is 17.2. The maximum absolute atomic E-state index is 11.9. The topological polar surface area (TPSA) is 101 Å². The maximum Gasteiger partial charge on any atom is 0.307 e. The summed E-state index contributed by atoms with van der Waals surface area (Å²) in [6.07, 6.45) is 11.1. The molecule has 0 aromatic rings. The molecule has 10 nitrogen and oxygen atoms in total. The van der Waals surface area contributed by atoms with E-state index in [2.05, 4.69) is 35.6 Å². The number of esters is 1. The summed E-state index contributed by atoms with van der Waals surface area (Å²) in [5.41, 5.74) is 0. The molecule has 0 spiro atoms. The molecule has 10 heteroatoms. The molecule has 0 saturated heterocycles. The fourth-order valence-electron chi connectivity index (χ4n) is 4.23. The van der Waals surface area contributed by atoms with E-state index in [0.717, 1.165) is 77.8 Å². The summed E-state index contributed by atoms with van der Waals surface area (Å²) < 4.78 is 10.6. The van der Waals surface area contributed by atoms with Crippen LogP contribution in [0.2, 0.25) is 0 Å². The van der Waals surface area contributed by atoms with Crippen LogP contribution in [0.5, 0.6) is 0 Å². The van der Waals surface area contributed by atoms with Gasteiger partial charge in [-0.1, -0.05) is 39.5 Å². The molecule has 0 saturated carbocycles. The number of rotatable bonds is 31. The lowest BCUT2D eigenvalue weighted by Gasteiger charge is -2.25. The second-order valence-corrected chi connectivity index (χ2v) is 10.0. The van der Waals surface area contributed by atoms with Crippen LogP contribution in [0.25, 0.3) is 0 Å². The number of unbranched alkanes of at least 4 members (excludes halogenated alkanes) is 4. The number of aliphatic hydroxyl groups excluding tert-OH is 1. The minimum absolute atomic E-state index is 0.0339. The molecule has 0 bridgehead atoms. The quantitative estimate of drug-likeness (QED) is 0.0447. The molecule has 0 fully saturated rings. The van der Waals surface area contributed by atoms with Gasteiger partial charge < -0.3 is 34.1 Å². The molecule has 1 N–H and O–H groups in total. The van der Waals surface area contributed by atoms with Gasteiger partial charge >= 0.3 is 5.97 Å². The number of aliphatic hydroxyl groups is 1. The monoisotopic (exact) mass is 561 g/mol. The molecule has 0 aromatic carbocycles. The van der Waals surface area contributed by atoms with Crippen molar-refractivity contribution in [3.8, 4) is 0 Å². The van der Waals surface area contributed by atoms with Crippen molar-refractivity contribution in [3.63, 3.8) is 0 Å². The molecule has 0 aliphatic heterocycles. The van der Waals surface area contributed by atoms with Crippen LogP contribution in [0.15, 0.2) is 0 Å². The van der Waals surface area contributed by atoms with Gasteiger partial charge in [0.2, 0.25) is 0 Å². The fourth-order valence-corrected chi connectivity index (χ4v) is 4.23. The van der Waals surface area contributed by atoms with Crippen LogP contribution in [0.3, 0.4) is 0 Å². The standard InChI is InChI=1S/C29H59N3O7/c1-4-6-7-8-9-24-36-27-28-39-38-25-21-32(20-13-29(35)37-26-23-34)18-11-16-30(3)15-10-17-31(14-5-2)19-12-22-33/h22,34H,4-21,23-28H2,1-3H3. The minimum atomic E-state index is -0.304. The third-order valence-corrected chi connectivity index (χ3v) is 6.40. The van der Waals surface area contributed by atoms with Crippen LogP contribution in [-0.2, 0) is 28.8 Å². The fraction of sp³-hybridized carbons (Fsp3) is 0.931. The van der Waals surface area contributed by atoms with Crippen molar-refractivity contribution in [2.75, 3.05) is 99.0 Å². The normalized spacial score (nSPS) is 11.7. The van der Waals surface area contributed by atoms with Crippen LogP contribution in [0.4, 0.5) is 0 Å². The average Bonchev–Trinajstić information content (AvgIpc) is 2.93. The highest BCUT2D eigenvalue weighted by Gasteiger charge is 2.11.